The summed E-state index contributed by atoms with van der Waals surface area (Å²) < 4.78 is 68.7. The van der Waals surface area contributed by atoms with Gasteiger partial charge in [0, 0.05) is 25.7 Å². The minimum atomic E-state index is -4.99. The SMILES string of the molecule is CC/C=C\C/C=C\C/C=C\C/C=C\CCCCCCC(=O)OC(COC(=O)CCCCCCCC/C=C\C/C=C\C/C=C\CCCCC)COP(=O)(O)OCC(O)COP(=O)(O)OCC(COC(=O)CCCCCCC/C=C\C/C=C\CCCCC)OC(=O)CCCCCCC/C=C\CCCCCCCC. The van der Waals surface area contributed by atoms with Crippen molar-refractivity contribution in [3.8, 4) is 0 Å². The van der Waals surface area contributed by atoms with Crippen molar-refractivity contribution in [3.63, 3.8) is 0 Å². The predicted octanol–water partition coefficient (Wildman–Crippen LogP) is 24.7. The van der Waals surface area contributed by atoms with E-state index >= 15 is 0 Å². The van der Waals surface area contributed by atoms with Crippen LogP contribution in [0.2, 0.25) is 0 Å². The van der Waals surface area contributed by atoms with Crippen LogP contribution in [0, 0.1) is 0 Å². The van der Waals surface area contributed by atoms with Crippen LogP contribution in [0.15, 0.2) is 122 Å². The summed E-state index contributed by atoms with van der Waals surface area (Å²) >= 11 is 0. The second-order valence-electron chi connectivity index (χ2n) is 27.7. The molecule has 610 valence electrons. The molecule has 0 spiro atoms. The maximum absolute atomic E-state index is 13.1. The summed E-state index contributed by atoms with van der Waals surface area (Å²) in [5.74, 6) is -2.23. The molecule has 0 rings (SSSR count). The first-order valence-electron chi connectivity index (χ1n) is 41.8. The van der Waals surface area contributed by atoms with Crippen LogP contribution in [0.5, 0.6) is 0 Å². The fourth-order valence-electron chi connectivity index (χ4n) is 11.0. The van der Waals surface area contributed by atoms with Crippen LogP contribution in [0.1, 0.15) is 349 Å². The molecule has 0 aliphatic rings. The predicted molar refractivity (Wildman–Crippen MR) is 436 cm³/mol. The van der Waals surface area contributed by atoms with Crippen molar-refractivity contribution in [1.82, 2.24) is 0 Å². The lowest BCUT2D eigenvalue weighted by atomic mass is 10.1. The lowest BCUT2D eigenvalue weighted by Crippen LogP contribution is -2.30. The quantitative estimate of drug-likeness (QED) is 0.0169. The van der Waals surface area contributed by atoms with Gasteiger partial charge in [0.15, 0.2) is 12.2 Å². The molecule has 0 aromatic rings. The fraction of sp³-hybridized carbons (Fsp3) is 0.724. The normalized spacial score (nSPS) is 14.4. The van der Waals surface area contributed by atoms with Gasteiger partial charge in [0.2, 0.25) is 0 Å². The minimum Gasteiger partial charge on any atom is -0.462 e. The van der Waals surface area contributed by atoms with Gasteiger partial charge in [-0.05, 0) is 161 Å². The Balaban J connectivity index is 5.42. The fourth-order valence-corrected chi connectivity index (χ4v) is 12.6. The zero-order valence-electron chi connectivity index (χ0n) is 66.8. The van der Waals surface area contributed by atoms with E-state index in [4.69, 9.17) is 37.0 Å². The van der Waals surface area contributed by atoms with Crippen LogP contribution in [-0.2, 0) is 65.4 Å². The van der Waals surface area contributed by atoms with Gasteiger partial charge in [-0.3, -0.25) is 37.3 Å². The third kappa shape index (κ3) is 77.6. The summed E-state index contributed by atoms with van der Waals surface area (Å²) in [6, 6.07) is 0. The molecule has 17 nitrogen and oxygen atoms in total. The summed E-state index contributed by atoms with van der Waals surface area (Å²) in [7, 11) is -9.98. The first kappa shape index (κ1) is 101. The molecule has 0 aromatic heterocycles. The molecule has 0 saturated carbocycles. The zero-order chi connectivity index (χ0) is 77.4. The largest absolute Gasteiger partial charge is 0.472 e. The van der Waals surface area contributed by atoms with Crippen LogP contribution in [0.3, 0.4) is 0 Å². The monoisotopic (exact) mass is 1530 g/mol. The van der Waals surface area contributed by atoms with Crippen LogP contribution < -0.4 is 0 Å². The highest BCUT2D eigenvalue weighted by Gasteiger charge is 2.30. The highest BCUT2D eigenvalue weighted by molar-refractivity contribution is 7.47. The molecule has 0 aromatic carbocycles. The average Bonchev–Trinajstić information content (AvgIpc) is 0.907. The highest BCUT2D eigenvalue weighted by Crippen LogP contribution is 2.45. The van der Waals surface area contributed by atoms with Crippen molar-refractivity contribution < 1.29 is 80.2 Å². The maximum Gasteiger partial charge on any atom is 0.472 e. The number of phosphoric acid groups is 2. The van der Waals surface area contributed by atoms with Gasteiger partial charge in [-0.2, -0.15) is 0 Å². The number of ether oxygens (including phenoxy) is 4. The summed E-state index contributed by atoms with van der Waals surface area (Å²) in [6.45, 7) is 4.67. The Bertz CT molecular complexity index is 2480. The first-order chi connectivity index (χ1) is 51.7. The Morgan fingerprint density at radius 3 is 0.783 bits per heavy atom. The summed E-state index contributed by atoms with van der Waals surface area (Å²) in [6.07, 6.45) is 87.3. The molecule has 3 N–H and O–H groups in total. The first-order valence-corrected chi connectivity index (χ1v) is 44.8. The zero-order valence-corrected chi connectivity index (χ0v) is 68.6. The van der Waals surface area contributed by atoms with E-state index in [0.29, 0.717) is 25.7 Å². The molecular formula is C87H150O17P2. The number of aliphatic hydroxyl groups is 1. The van der Waals surface area contributed by atoms with Crippen molar-refractivity contribution in [3.05, 3.63) is 122 Å². The van der Waals surface area contributed by atoms with Crippen LogP contribution in [0.25, 0.3) is 0 Å². The molecule has 0 fully saturated rings. The van der Waals surface area contributed by atoms with Gasteiger partial charge in [-0.15, -0.1) is 0 Å². The highest BCUT2D eigenvalue weighted by atomic mass is 31.2. The smallest absolute Gasteiger partial charge is 0.462 e. The molecule has 0 heterocycles. The van der Waals surface area contributed by atoms with E-state index in [1.54, 1.807) is 0 Å². The Morgan fingerprint density at radius 1 is 0.274 bits per heavy atom. The molecule has 0 saturated heterocycles. The van der Waals surface area contributed by atoms with Gasteiger partial charge in [-0.1, -0.05) is 284 Å². The second kappa shape index (κ2) is 78.6. The lowest BCUT2D eigenvalue weighted by molar-refractivity contribution is -0.161. The van der Waals surface area contributed by atoms with Gasteiger partial charge in [0.1, 0.15) is 19.3 Å². The number of hydrogen-bond acceptors (Lipinski definition) is 15. The Kier molecular flexibility index (Phi) is 75.2. The van der Waals surface area contributed by atoms with E-state index in [2.05, 4.69) is 149 Å². The van der Waals surface area contributed by atoms with Gasteiger partial charge >= 0.3 is 39.5 Å². The number of allylic oxidation sites excluding steroid dienone is 20. The number of carbonyl (C=O) groups excluding carboxylic acids is 4. The summed E-state index contributed by atoms with van der Waals surface area (Å²) in [5.41, 5.74) is 0. The number of rotatable bonds is 78. The molecule has 0 bridgehead atoms. The van der Waals surface area contributed by atoms with E-state index in [9.17, 15) is 43.2 Å². The lowest BCUT2D eigenvalue weighted by Gasteiger charge is -2.21. The number of esters is 4. The molecular weight excluding hydrogens is 1380 g/mol. The molecule has 0 aliphatic heterocycles. The van der Waals surface area contributed by atoms with Crippen molar-refractivity contribution in [1.29, 1.82) is 0 Å². The molecule has 0 aliphatic carbocycles. The second-order valence-corrected chi connectivity index (χ2v) is 30.6. The van der Waals surface area contributed by atoms with Gasteiger partial charge in [0.05, 0.1) is 26.4 Å². The van der Waals surface area contributed by atoms with E-state index in [-0.39, 0.29) is 25.7 Å². The van der Waals surface area contributed by atoms with E-state index in [1.807, 2.05) is 0 Å². The third-order valence-electron chi connectivity index (χ3n) is 17.4. The van der Waals surface area contributed by atoms with E-state index in [1.165, 1.54) is 77.0 Å². The van der Waals surface area contributed by atoms with E-state index in [0.717, 1.165) is 193 Å². The van der Waals surface area contributed by atoms with Crippen LogP contribution in [0.4, 0.5) is 0 Å². The van der Waals surface area contributed by atoms with Gasteiger partial charge in [0.25, 0.3) is 0 Å². The van der Waals surface area contributed by atoms with Crippen molar-refractivity contribution in [2.24, 2.45) is 0 Å². The summed E-state index contributed by atoms with van der Waals surface area (Å²) in [5, 5.41) is 10.7. The van der Waals surface area contributed by atoms with Gasteiger partial charge < -0.3 is 33.8 Å². The number of unbranched alkanes of at least 4 members (excludes halogenated alkanes) is 32. The molecule has 0 amide bonds. The molecule has 5 atom stereocenters. The average molecular weight is 1530 g/mol. The molecule has 0 radical (unpaired) electrons. The topological polar surface area (TPSA) is 237 Å². The number of carbonyl (C=O) groups is 4. The Labute approximate surface area is 644 Å². The number of aliphatic hydroxyl groups excluding tert-OH is 1. The van der Waals surface area contributed by atoms with Crippen molar-refractivity contribution >= 4 is 39.5 Å². The Hall–Kier alpha value is -4.54. The number of hydrogen-bond donors (Lipinski definition) is 3. The minimum absolute atomic E-state index is 0.0614. The van der Waals surface area contributed by atoms with Gasteiger partial charge in [-0.25, -0.2) is 9.13 Å². The maximum atomic E-state index is 13.1. The summed E-state index contributed by atoms with van der Waals surface area (Å²) in [4.78, 5) is 73.2. The van der Waals surface area contributed by atoms with E-state index < -0.39 is 97.5 Å². The third-order valence-corrected chi connectivity index (χ3v) is 19.3. The number of phosphoric ester groups is 2. The van der Waals surface area contributed by atoms with Crippen molar-refractivity contribution in [2.45, 2.75) is 367 Å². The van der Waals surface area contributed by atoms with Crippen LogP contribution in [-0.4, -0.2) is 96.7 Å². The molecule has 19 heteroatoms. The standard InChI is InChI=1S/C87H150O17P2/c1-5-9-13-17-21-25-29-33-37-39-40-42-45-48-52-56-60-64-68-72-85(90)98-78-83(104-87(92)74-70-66-62-58-54-50-46-41-38-34-30-26-22-18-14-10-6-2)80-102-106(95,96)100-76-81(88)75-99-105(93,94)101-79-82(103-86(91)73-69-65-61-57-53-49-44-36-32-28-24-20-16-12-8-4)77-97-84(89)71-67-63-59-55-51-47-43-35-31-27-23-19-15-11-7-3/h10,14,21-23,25-27,33-38,40,42-44,46,50,81-83,88H,5-9,11-13,15-20,24,28-32,39,41,45,47-49,51-80H2,1-4H3,(H,93,94)(H,95,96)/b14-10-,25-21-,26-22-,27-23-,37-33-,38-34-,42-40-,43-35-,44-36-,50-46-. The van der Waals surface area contributed by atoms with Crippen molar-refractivity contribution in [2.75, 3.05) is 39.6 Å². The Morgan fingerprint density at radius 2 is 0.491 bits per heavy atom. The molecule has 106 heavy (non-hydrogen) atoms. The molecule has 5 unspecified atom stereocenters. The van der Waals surface area contributed by atoms with Crippen LogP contribution >= 0.6 is 15.6 Å².